The molecule has 1 aliphatic rings. The van der Waals surface area contributed by atoms with Crippen LogP contribution >= 0.6 is 23.1 Å². The van der Waals surface area contributed by atoms with Crippen molar-refractivity contribution in [2.24, 2.45) is 0 Å². The Morgan fingerprint density at radius 1 is 1.04 bits per heavy atom. The summed E-state index contributed by atoms with van der Waals surface area (Å²) in [4.78, 5) is 23.3. The molecule has 28 heavy (non-hydrogen) atoms. The van der Waals surface area contributed by atoms with E-state index in [-0.39, 0.29) is 12.0 Å². The number of likely N-dealkylation sites (tertiary alicyclic amines) is 1. The van der Waals surface area contributed by atoms with Crippen LogP contribution in [0.3, 0.4) is 0 Å². The molecular weight excluding hydrogens is 390 g/mol. The number of fused-ring (bicyclic) bond motifs is 2. The number of benzene rings is 2. The van der Waals surface area contributed by atoms with Crippen LogP contribution in [0.5, 0.6) is 5.88 Å². The molecule has 0 spiro atoms. The fraction of sp³-hybridized carbons (Fsp3) is 0.190. The molecule has 3 heterocycles. The predicted octanol–water partition coefficient (Wildman–Crippen LogP) is 4.23. The van der Waals surface area contributed by atoms with E-state index in [4.69, 9.17) is 4.74 Å². The van der Waals surface area contributed by atoms with E-state index in [0.29, 0.717) is 24.7 Å². The number of rotatable bonds is 5. The van der Waals surface area contributed by atoms with Gasteiger partial charge in [0.2, 0.25) is 11.8 Å². The molecule has 5 rings (SSSR count). The smallest absolute Gasteiger partial charge is 0.233 e. The molecule has 7 heteroatoms. The zero-order valence-electron chi connectivity index (χ0n) is 14.9. The number of amides is 1. The van der Waals surface area contributed by atoms with Crippen molar-refractivity contribution in [3.05, 3.63) is 60.7 Å². The molecule has 2 aromatic heterocycles. The quantitative estimate of drug-likeness (QED) is 0.464. The van der Waals surface area contributed by atoms with Gasteiger partial charge in [-0.25, -0.2) is 9.97 Å². The van der Waals surface area contributed by atoms with Crippen LogP contribution in [0.15, 0.2) is 65.0 Å². The number of thioether (sulfide) groups is 1. The van der Waals surface area contributed by atoms with Gasteiger partial charge in [-0.1, -0.05) is 42.1 Å². The van der Waals surface area contributed by atoms with E-state index in [1.54, 1.807) is 11.3 Å². The van der Waals surface area contributed by atoms with E-state index in [0.717, 1.165) is 25.5 Å². The molecule has 2 aromatic carbocycles. The summed E-state index contributed by atoms with van der Waals surface area (Å²) in [5.74, 6) is 1.14. The number of carbonyl (C=O) groups is 1. The van der Waals surface area contributed by atoms with E-state index in [9.17, 15) is 4.79 Å². The number of hydrogen-bond acceptors (Lipinski definition) is 6. The SMILES string of the molecule is O=C(CSc1nc2ccccc2s1)N1CC(Oc2ccc3ccccc3n2)C1. The fourth-order valence-electron chi connectivity index (χ4n) is 3.13. The van der Waals surface area contributed by atoms with Gasteiger partial charge in [0.1, 0.15) is 6.10 Å². The molecule has 1 saturated heterocycles. The minimum atomic E-state index is 0.00469. The number of para-hydroxylation sites is 2. The average Bonchev–Trinajstić information content (AvgIpc) is 3.11. The highest BCUT2D eigenvalue weighted by molar-refractivity contribution is 8.01. The molecule has 0 atom stereocenters. The van der Waals surface area contributed by atoms with E-state index in [1.165, 1.54) is 11.8 Å². The highest BCUT2D eigenvalue weighted by atomic mass is 32.2. The summed E-state index contributed by atoms with van der Waals surface area (Å²) in [5.41, 5.74) is 1.90. The Morgan fingerprint density at radius 2 is 1.82 bits per heavy atom. The molecule has 0 saturated carbocycles. The molecule has 0 unspecified atom stereocenters. The Morgan fingerprint density at radius 3 is 2.68 bits per heavy atom. The second-order valence-corrected chi connectivity index (χ2v) is 8.87. The Hall–Kier alpha value is -2.64. The minimum absolute atomic E-state index is 0.00469. The van der Waals surface area contributed by atoms with Crippen molar-refractivity contribution >= 4 is 50.1 Å². The highest BCUT2D eigenvalue weighted by Gasteiger charge is 2.32. The Balaban J connectivity index is 1.13. The first-order chi connectivity index (χ1) is 13.7. The molecule has 0 bridgehead atoms. The first-order valence-corrected chi connectivity index (χ1v) is 10.8. The molecule has 0 radical (unpaired) electrons. The second-order valence-electron chi connectivity index (χ2n) is 6.62. The van der Waals surface area contributed by atoms with Crippen molar-refractivity contribution < 1.29 is 9.53 Å². The van der Waals surface area contributed by atoms with Crippen LogP contribution in [0.1, 0.15) is 0 Å². The van der Waals surface area contributed by atoms with Crippen LogP contribution in [-0.2, 0) is 4.79 Å². The maximum atomic E-state index is 12.4. The Bertz CT molecular complexity index is 1120. The van der Waals surface area contributed by atoms with Gasteiger partial charge >= 0.3 is 0 Å². The van der Waals surface area contributed by atoms with Gasteiger partial charge < -0.3 is 9.64 Å². The zero-order valence-corrected chi connectivity index (χ0v) is 16.6. The van der Waals surface area contributed by atoms with Crippen LogP contribution < -0.4 is 4.74 Å². The third-order valence-corrected chi connectivity index (χ3v) is 6.82. The van der Waals surface area contributed by atoms with Crippen LogP contribution in [0.2, 0.25) is 0 Å². The summed E-state index contributed by atoms with van der Waals surface area (Å²) in [6, 6.07) is 19.9. The first kappa shape index (κ1) is 17.5. The maximum absolute atomic E-state index is 12.4. The minimum Gasteiger partial charge on any atom is -0.471 e. The molecule has 1 amide bonds. The summed E-state index contributed by atoms with van der Waals surface area (Å²) < 4.78 is 8.00. The summed E-state index contributed by atoms with van der Waals surface area (Å²) in [6.07, 6.45) is 0.00469. The maximum Gasteiger partial charge on any atom is 0.233 e. The van der Waals surface area contributed by atoms with Gasteiger partial charge in [-0.3, -0.25) is 4.79 Å². The van der Waals surface area contributed by atoms with Crippen molar-refractivity contribution in [1.82, 2.24) is 14.9 Å². The highest BCUT2D eigenvalue weighted by Crippen LogP contribution is 2.30. The molecule has 0 aliphatic carbocycles. The van der Waals surface area contributed by atoms with E-state index in [1.807, 2.05) is 59.5 Å². The Labute approximate surface area is 170 Å². The number of thiazole rings is 1. The summed E-state index contributed by atoms with van der Waals surface area (Å²) in [6.45, 7) is 1.21. The number of nitrogens with zero attached hydrogens (tertiary/aromatic N) is 3. The molecule has 1 aliphatic heterocycles. The summed E-state index contributed by atoms with van der Waals surface area (Å²) in [7, 11) is 0. The van der Waals surface area contributed by atoms with E-state index >= 15 is 0 Å². The monoisotopic (exact) mass is 407 g/mol. The van der Waals surface area contributed by atoms with Crippen LogP contribution in [0, 0.1) is 0 Å². The van der Waals surface area contributed by atoms with Crippen molar-refractivity contribution in [3.63, 3.8) is 0 Å². The molecule has 1 fully saturated rings. The van der Waals surface area contributed by atoms with Gasteiger partial charge in [0.05, 0.1) is 34.6 Å². The van der Waals surface area contributed by atoms with Crippen LogP contribution in [0.4, 0.5) is 0 Å². The standard InChI is InChI=1S/C21H17N3O2S2/c25-20(13-27-21-23-17-7-3-4-8-18(17)28-21)24-11-15(12-24)26-19-10-9-14-5-1-2-6-16(14)22-19/h1-10,15H,11-13H2. The number of hydrogen-bond donors (Lipinski definition) is 0. The molecule has 4 aromatic rings. The number of pyridine rings is 1. The second kappa shape index (κ2) is 7.41. The third kappa shape index (κ3) is 3.55. The summed E-state index contributed by atoms with van der Waals surface area (Å²) in [5, 5.41) is 1.09. The Kier molecular flexibility index (Phi) is 4.62. The van der Waals surface area contributed by atoms with Crippen molar-refractivity contribution in [1.29, 1.82) is 0 Å². The fourth-order valence-corrected chi connectivity index (χ4v) is 5.10. The molecular formula is C21H17N3O2S2. The van der Waals surface area contributed by atoms with Gasteiger partial charge in [-0.05, 0) is 24.3 Å². The van der Waals surface area contributed by atoms with Crippen LogP contribution in [-0.4, -0.2) is 45.7 Å². The van der Waals surface area contributed by atoms with Crippen molar-refractivity contribution in [2.45, 2.75) is 10.4 Å². The lowest BCUT2D eigenvalue weighted by Crippen LogP contribution is -2.56. The van der Waals surface area contributed by atoms with Crippen LogP contribution in [0.25, 0.3) is 21.1 Å². The lowest BCUT2D eigenvalue weighted by Gasteiger charge is -2.38. The molecule has 5 nitrogen and oxygen atoms in total. The normalized spacial score (nSPS) is 14.4. The molecule has 0 N–H and O–H groups in total. The largest absolute Gasteiger partial charge is 0.471 e. The van der Waals surface area contributed by atoms with Gasteiger partial charge in [0.15, 0.2) is 4.34 Å². The van der Waals surface area contributed by atoms with Gasteiger partial charge in [0.25, 0.3) is 0 Å². The lowest BCUT2D eigenvalue weighted by atomic mass is 10.1. The zero-order chi connectivity index (χ0) is 18.9. The lowest BCUT2D eigenvalue weighted by molar-refractivity contribution is -0.137. The topological polar surface area (TPSA) is 55.3 Å². The predicted molar refractivity (Wildman–Crippen MR) is 113 cm³/mol. The van der Waals surface area contributed by atoms with E-state index < -0.39 is 0 Å². The van der Waals surface area contributed by atoms with Gasteiger partial charge in [0, 0.05) is 11.5 Å². The van der Waals surface area contributed by atoms with Crippen molar-refractivity contribution in [2.75, 3.05) is 18.8 Å². The first-order valence-electron chi connectivity index (χ1n) is 9.03. The average molecular weight is 408 g/mol. The van der Waals surface area contributed by atoms with Crippen molar-refractivity contribution in [3.8, 4) is 5.88 Å². The number of aromatic nitrogens is 2. The summed E-state index contributed by atoms with van der Waals surface area (Å²) >= 11 is 3.13. The van der Waals surface area contributed by atoms with Gasteiger partial charge in [-0.15, -0.1) is 11.3 Å². The van der Waals surface area contributed by atoms with E-state index in [2.05, 4.69) is 16.0 Å². The number of ether oxygens (including phenoxy) is 1. The third-order valence-electron chi connectivity index (χ3n) is 4.65. The molecule has 140 valence electrons. The van der Waals surface area contributed by atoms with Gasteiger partial charge in [-0.2, -0.15) is 0 Å². The number of carbonyl (C=O) groups excluding carboxylic acids is 1.